The molecule has 2 amide bonds. The van der Waals surface area contributed by atoms with Crippen molar-refractivity contribution in [1.29, 1.82) is 0 Å². The molecule has 0 aromatic heterocycles. The highest BCUT2D eigenvalue weighted by Crippen LogP contribution is 2.17. The van der Waals surface area contributed by atoms with Crippen LogP contribution in [0.4, 0.5) is 0 Å². The second-order valence-corrected chi connectivity index (χ2v) is 6.66. The van der Waals surface area contributed by atoms with Crippen LogP contribution in [0, 0.1) is 5.92 Å². The van der Waals surface area contributed by atoms with Crippen molar-refractivity contribution in [2.75, 3.05) is 13.1 Å². The molecule has 1 fully saturated rings. The largest absolute Gasteiger partial charge is 0.353 e. The lowest BCUT2D eigenvalue weighted by Gasteiger charge is -2.32. The van der Waals surface area contributed by atoms with Crippen LogP contribution in [0.1, 0.15) is 37.0 Å². The highest BCUT2D eigenvalue weighted by Gasteiger charge is 2.25. The van der Waals surface area contributed by atoms with Gasteiger partial charge >= 0.3 is 0 Å². The van der Waals surface area contributed by atoms with Gasteiger partial charge in [0.15, 0.2) is 0 Å². The maximum Gasteiger partial charge on any atom is 0.253 e. The van der Waals surface area contributed by atoms with Crippen LogP contribution in [-0.4, -0.2) is 35.8 Å². The van der Waals surface area contributed by atoms with E-state index in [4.69, 9.17) is 0 Å². The molecule has 0 spiro atoms. The highest BCUT2D eigenvalue weighted by atomic mass is 79.9. The highest BCUT2D eigenvalue weighted by molar-refractivity contribution is 9.10. The minimum atomic E-state index is 0.00586. The molecule has 4 nitrogen and oxygen atoms in total. The van der Waals surface area contributed by atoms with Gasteiger partial charge in [0.1, 0.15) is 0 Å². The average molecular weight is 353 g/mol. The lowest BCUT2D eigenvalue weighted by Crippen LogP contribution is -2.47. The van der Waals surface area contributed by atoms with Gasteiger partial charge in [-0.05, 0) is 31.0 Å². The Morgan fingerprint density at radius 1 is 1.29 bits per heavy atom. The standard InChI is InChI=1S/C16H21BrN2O2/c1-11(2)15(20)18-14-6-8-19(9-7-14)16(21)12-4-3-5-13(17)10-12/h3-5,10-11,14H,6-9H2,1-2H3,(H,18,20). The smallest absolute Gasteiger partial charge is 0.253 e. The summed E-state index contributed by atoms with van der Waals surface area (Å²) in [5.41, 5.74) is 0.703. The van der Waals surface area contributed by atoms with E-state index < -0.39 is 0 Å². The van der Waals surface area contributed by atoms with E-state index in [9.17, 15) is 9.59 Å². The Bertz CT molecular complexity index is 523. The average Bonchev–Trinajstić information content (AvgIpc) is 2.47. The second kappa shape index (κ2) is 7.07. The zero-order chi connectivity index (χ0) is 15.4. The van der Waals surface area contributed by atoms with Crippen LogP contribution in [0.2, 0.25) is 0 Å². The normalized spacial score (nSPS) is 16.1. The number of nitrogens with one attached hydrogen (secondary N) is 1. The van der Waals surface area contributed by atoms with E-state index in [1.165, 1.54) is 0 Å². The number of likely N-dealkylation sites (tertiary alicyclic amines) is 1. The summed E-state index contributed by atoms with van der Waals surface area (Å²) in [6.45, 7) is 5.16. The second-order valence-electron chi connectivity index (χ2n) is 5.74. The fourth-order valence-corrected chi connectivity index (χ4v) is 2.80. The van der Waals surface area contributed by atoms with Crippen molar-refractivity contribution in [2.45, 2.75) is 32.7 Å². The monoisotopic (exact) mass is 352 g/mol. The number of benzene rings is 1. The van der Waals surface area contributed by atoms with Crippen molar-refractivity contribution in [3.63, 3.8) is 0 Å². The third-order valence-corrected chi connectivity index (χ3v) is 4.22. The van der Waals surface area contributed by atoms with E-state index in [0.717, 1.165) is 17.3 Å². The van der Waals surface area contributed by atoms with Crippen molar-refractivity contribution in [3.8, 4) is 0 Å². The van der Waals surface area contributed by atoms with E-state index in [1.807, 2.05) is 43.0 Å². The van der Waals surface area contributed by atoms with E-state index >= 15 is 0 Å². The molecular formula is C16H21BrN2O2. The topological polar surface area (TPSA) is 49.4 Å². The Labute approximate surface area is 134 Å². The summed E-state index contributed by atoms with van der Waals surface area (Å²) in [5, 5.41) is 3.04. The summed E-state index contributed by atoms with van der Waals surface area (Å²) >= 11 is 3.39. The fourth-order valence-electron chi connectivity index (χ4n) is 2.40. The Hall–Kier alpha value is -1.36. The first-order valence-electron chi connectivity index (χ1n) is 7.32. The molecule has 0 bridgehead atoms. The maximum atomic E-state index is 12.4. The van der Waals surface area contributed by atoms with Crippen LogP contribution >= 0.6 is 15.9 Å². The Morgan fingerprint density at radius 2 is 1.95 bits per heavy atom. The first-order chi connectivity index (χ1) is 9.97. The van der Waals surface area contributed by atoms with Gasteiger partial charge in [-0.3, -0.25) is 9.59 Å². The number of carbonyl (C=O) groups is 2. The molecule has 0 radical (unpaired) electrons. The molecule has 21 heavy (non-hydrogen) atoms. The molecular weight excluding hydrogens is 332 g/mol. The van der Waals surface area contributed by atoms with Crippen molar-refractivity contribution in [2.24, 2.45) is 5.92 Å². The first-order valence-corrected chi connectivity index (χ1v) is 8.12. The van der Waals surface area contributed by atoms with Crippen LogP contribution in [0.25, 0.3) is 0 Å². The zero-order valence-electron chi connectivity index (χ0n) is 12.4. The number of rotatable bonds is 3. The minimum Gasteiger partial charge on any atom is -0.353 e. The molecule has 1 aromatic rings. The number of hydrogen-bond acceptors (Lipinski definition) is 2. The van der Waals surface area contributed by atoms with Gasteiger partial charge in [-0.15, -0.1) is 0 Å². The number of hydrogen-bond donors (Lipinski definition) is 1. The number of piperidine rings is 1. The summed E-state index contributed by atoms with van der Waals surface area (Å²) in [6.07, 6.45) is 1.64. The third kappa shape index (κ3) is 4.30. The lowest BCUT2D eigenvalue weighted by molar-refractivity contribution is -0.124. The van der Waals surface area contributed by atoms with Gasteiger partial charge in [-0.2, -0.15) is 0 Å². The molecule has 114 valence electrons. The summed E-state index contributed by atoms with van der Waals surface area (Å²) in [4.78, 5) is 26.0. The summed E-state index contributed by atoms with van der Waals surface area (Å²) in [6, 6.07) is 7.64. The summed E-state index contributed by atoms with van der Waals surface area (Å²) < 4.78 is 0.910. The Balaban J connectivity index is 1.89. The third-order valence-electron chi connectivity index (χ3n) is 3.72. The van der Waals surface area contributed by atoms with Crippen molar-refractivity contribution in [3.05, 3.63) is 34.3 Å². The summed E-state index contributed by atoms with van der Waals surface area (Å²) in [5.74, 6) is 0.156. The number of halogens is 1. The number of carbonyl (C=O) groups excluding carboxylic acids is 2. The molecule has 1 aliphatic heterocycles. The van der Waals surface area contributed by atoms with Gasteiger partial charge in [-0.25, -0.2) is 0 Å². The molecule has 0 unspecified atom stereocenters. The van der Waals surface area contributed by atoms with Gasteiger partial charge in [-0.1, -0.05) is 35.8 Å². The fraction of sp³-hybridized carbons (Fsp3) is 0.500. The Morgan fingerprint density at radius 3 is 2.52 bits per heavy atom. The van der Waals surface area contributed by atoms with E-state index in [1.54, 1.807) is 0 Å². The summed E-state index contributed by atoms with van der Waals surface area (Å²) in [7, 11) is 0. The predicted molar refractivity (Wildman–Crippen MR) is 86.0 cm³/mol. The van der Waals surface area contributed by atoms with Gasteiger partial charge < -0.3 is 10.2 Å². The van der Waals surface area contributed by atoms with Crippen LogP contribution in [-0.2, 0) is 4.79 Å². The van der Waals surface area contributed by atoms with E-state index in [0.29, 0.717) is 18.7 Å². The van der Waals surface area contributed by atoms with Crippen molar-refractivity contribution >= 4 is 27.7 Å². The number of nitrogens with zero attached hydrogens (tertiary/aromatic N) is 1. The first kappa shape index (κ1) is 16.0. The van der Waals surface area contributed by atoms with Crippen LogP contribution < -0.4 is 5.32 Å². The molecule has 1 heterocycles. The van der Waals surface area contributed by atoms with Crippen molar-refractivity contribution in [1.82, 2.24) is 10.2 Å². The van der Waals surface area contributed by atoms with Gasteiger partial charge in [0, 0.05) is 35.1 Å². The molecule has 1 N–H and O–H groups in total. The quantitative estimate of drug-likeness (QED) is 0.909. The van der Waals surface area contributed by atoms with Gasteiger partial charge in [0.05, 0.1) is 0 Å². The molecule has 0 atom stereocenters. The lowest BCUT2D eigenvalue weighted by atomic mass is 10.0. The van der Waals surface area contributed by atoms with Crippen LogP contribution in [0.5, 0.6) is 0 Å². The molecule has 5 heteroatoms. The van der Waals surface area contributed by atoms with E-state index in [-0.39, 0.29) is 23.8 Å². The van der Waals surface area contributed by atoms with Crippen LogP contribution in [0.3, 0.4) is 0 Å². The Kier molecular flexibility index (Phi) is 5.39. The van der Waals surface area contributed by atoms with Gasteiger partial charge in [0.25, 0.3) is 5.91 Å². The molecule has 2 rings (SSSR count). The SMILES string of the molecule is CC(C)C(=O)NC1CCN(C(=O)c2cccc(Br)c2)CC1. The molecule has 1 aliphatic rings. The van der Waals surface area contributed by atoms with Gasteiger partial charge in [0.2, 0.25) is 5.91 Å². The predicted octanol–water partition coefficient (Wildman–Crippen LogP) is 2.83. The molecule has 0 aliphatic carbocycles. The van der Waals surface area contributed by atoms with E-state index in [2.05, 4.69) is 21.2 Å². The molecule has 1 saturated heterocycles. The maximum absolute atomic E-state index is 12.4. The molecule has 1 aromatic carbocycles. The van der Waals surface area contributed by atoms with Crippen LogP contribution in [0.15, 0.2) is 28.7 Å². The van der Waals surface area contributed by atoms with Crippen molar-refractivity contribution < 1.29 is 9.59 Å². The minimum absolute atomic E-state index is 0.00586. The zero-order valence-corrected chi connectivity index (χ0v) is 14.0. The number of amides is 2. The molecule has 0 saturated carbocycles.